The Balaban J connectivity index is 2.02. The van der Waals surface area contributed by atoms with Crippen molar-refractivity contribution in [3.05, 3.63) is 34.9 Å². The first-order valence-electron chi connectivity index (χ1n) is 7.17. The summed E-state index contributed by atoms with van der Waals surface area (Å²) in [6.07, 6.45) is 1.90. The summed E-state index contributed by atoms with van der Waals surface area (Å²) in [6.45, 7) is 8.21. The van der Waals surface area contributed by atoms with E-state index in [1.807, 2.05) is 0 Å². The minimum absolute atomic E-state index is 0.0854. The number of nitrogens with one attached hydrogen (secondary N) is 2. The number of aryl methyl sites for hydroxylation is 1. The van der Waals surface area contributed by atoms with Gasteiger partial charge in [-0.1, -0.05) is 18.2 Å². The maximum absolute atomic E-state index is 12.2. The van der Waals surface area contributed by atoms with Crippen molar-refractivity contribution in [2.75, 3.05) is 13.1 Å². The summed E-state index contributed by atoms with van der Waals surface area (Å²) in [7, 11) is 0. The smallest absolute Gasteiger partial charge is 0.223 e. The van der Waals surface area contributed by atoms with Crippen LogP contribution >= 0.6 is 0 Å². The molecular weight excluding hydrogens is 236 g/mol. The molecule has 1 aliphatic rings. The lowest BCUT2D eigenvalue weighted by molar-refractivity contribution is -0.126. The molecule has 1 unspecified atom stereocenters. The topological polar surface area (TPSA) is 41.1 Å². The van der Waals surface area contributed by atoms with Gasteiger partial charge in [0.25, 0.3) is 0 Å². The lowest BCUT2D eigenvalue weighted by Crippen LogP contribution is -2.39. The SMILES string of the molecule is Cc1cccc(C(C)NC(=O)C2CCNCC2)c1C. The summed E-state index contributed by atoms with van der Waals surface area (Å²) >= 11 is 0. The average molecular weight is 260 g/mol. The third kappa shape index (κ3) is 3.35. The predicted molar refractivity (Wildman–Crippen MR) is 78.1 cm³/mol. The third-order valence-electron chi connectivity index (χ3n) is 4.18. The molecule has 0 bridgehead atoms. The average Bonchev–Trinajstić information content (AvgIpc) is 2.42. The molecule has 1 fully saturated rings. The molecule has 3 nitrogen and oxygen atoms in total. The van der Waals surface area contributed by atoms with Crippen molar-refractivity contribution in [3.63, 3.8) is 0 Å². The van der Waals surface area contributed by atoms with Crippen LogP contribution in [0.5, 0.6) is 0 Å². The Labute approximate surface area is 115 Å². The van der Waals surface area contributed by atoms with Gasteiger partial charge >= 0.3 is 0 Å². The number of carbonyl (C=O) groups is 1. The Morgan fingerprint density at radius 2 is 2.00 bits per heavy atom. The van der Waals surface area contributed by atoms with E-state index in [0.717, 1.165) is 25.9 Å². The van der Waals surface area contributed by atoms with E-state index in [-0.39, 0.29) is 17.9 Å². The molecule has 1 saturated heterocycles. The van der Waals surface area contributed by atoms with Crippen molar-refractivity contribution in [3.8, 4) is 0 Å². The summed E-state index contributed by atoms with van der Waals surface area (Å²) in [4.78, 5) is 12.2. The van der Waals surface area contributed by atoms with E-state index in [0.29, 0.717) is 0 Å². The van der Waals surface area contributed by atoms with Gasteiger partial charge in [0.2, 0.25) is 5.91 Å². The molecule has 1 amide bonds. The minimum atomic E-state index is 0.0854. The first kappa shape index (κ1) is 14.1. The maximum Gasteiger partial charge on any atom is 0.223 e. The van der Waals surface area contributed by atoms with Gasteiger partial charge in [0.05, 0.1) is 6.04 Å². The van der Waals surface area contributed by atoms with Gasteiger partial charge in [-0.15, -0.1) is 0 Å². The van der Waals surface area contributed by atoms with Gasteiger partial charge in [-0.3, -0.25) is 4.79 Å². The van der Waals surface area contributed by atoms with Crippen molar-refractivity contribution < 1.29 is 4.79 Å². The van der Waals surface area contributed by atoms with E-state index in [4.69, 9.17) is 0 Å². The van der Waals surface area contributed by atoms with E-state index in [1.54, 1.807) is 0 Å². The summed E-state index contributed by atoms with van der Waals surface area (Å²) in [5, 5.41) is 6.46. The normalized spacial score (nSPS) is 18.1. The number of hydrogen-bond donors (Lipinski definition) is 2. The van der Waals surface area contributed by atoms with Crippen LogP contribution in [0, 0.1) is 19.8 Å². The zero-order chi connectivity index (χ0) is 13.8. The fourth-order valence-corrected chi connectivity index (χ4v) is 2.74. The van der Waals surface area contributed by atoms with Gasteiger partial charge in [-0.05, 0) is 63.4 Å². The van der Waals surface area contributed by atoms with Crippen LogP contribution in [0.15, 0.2) is 18.2 Å². The van der Waals surface area contributed by atoms with Crippen molar-refractivity contribution in [2.45, 2.75) is 39.7 Å². The second-order valence-corrected chi connectivity index (χ2v) is 5.54. The van der Waals surface area contributed by atoms with Crippen molar-refractivity contribution >= 4 is 5.91 Å². The van der Waals surface area contributed by atoms with E-state index in [9.17, 15) is 4.79 Å². The number of amides is 1. The number of hydrogen-bond acceptors (Lipinski definition) is 2. The van der Waals surface area contributed by atoms with E-state index >= 15 is 0 Å². The van der Waals surface area contributed by atoms with Crippen molar-refractivity contribution in [1.82, 2.24) is 10.6 Å². The fourth-order valence-electron chi connectivity index (χ4n) is 2.74. The molecule has 19 heavy (non-hydrogen) atoms. The van der Waals surface area contributed by atoms with E-state index < -0.39 is 0 Å². The minimum Gasteiger partial charge on any atom is -0.349 e. The summed E-state index contributed by atoms with van der Waals surface area (Å²) < 4.78 is 0. The van der Waals surface area contributed by atoms with Gasteiger partial charge in [-0.25, -0.2) is 0 Å². The highest BCUT2D eigenvalue weighted by Crippen LogP contribution is 2.21. The summed E-state index contributed by atoms with van der Waals surface area (Å²) in [6, 6.07) is 6.36. The Hall–Kier alpha value is -1.35. The first-order chi connectivity index (χ1) is 9.09. The molecule has 1 atom stereocenters. The van der Waals surface area contributed by atoms with E-state index in [2.05, 4.69) is 49.6 Å². The van der Waals surface area contributed by atoms with Crippen LogP contribution in [-0.4, -0.2) is 19.0 Å². The molecule has 2 N–H and O–H groups in total. The molecule has 0 radical (unpaired) electrons. The maximum atomic E-state index is 12.2. The number of benzene rings is 1. The molecule has 104 valence electrons. The molecule has 1 aromatic rings. The second-order valence-electron chi connectivity index (χ2n) is 5.54. The Bertz CT molecular complexity index is 450. The standard InChI is InChI=1S/C16H24N2O/c1-11-5-4-6-15(12(11)2)13(3)18-16(19)14-7-9-17-10-8-14/h4-6,13-14,17H,7-10H2,1-3H3,(H,18,19). The van der Waals surface area contributed by atoms with Gasteiger partial charge in [0.1, 0.15) is 0 Å². The van der Waals surface area contributed by atoms with Crippen molar-refractivity contribution in [2.24, 2.45) is 5.92 Å². The summed E-state index contributed by atoms with van der Waals surface area (Å²) in [5.41, 5.74) is 3.78. The fraction of sp³-hybridized carbons (Fsp3) is 0.562. The lowest BCUT2D eigenvalue weighted by atomic mass is 9.95. The molecule has 0 spiro atoms. The highest BCUT2D eigenvalue weighted by molar-refractivity contribution is 5.79. The Kier molecular flexibility index (Phi) is 4.59. The zero-order valence-electron chi connectivity index (χ0n) is 12.1. The molecule has 1 aliphatic heterocycles. The van der Waals surface area contributed by atoms with Crippen LogP contribution in [0.3, 0.4) is 0 Å². The van der Waals surface area contributed by atoms with Crippen LogP contribution in [0.4, 0.5) is 0 Å². The van der Waals surface area contributed by atoms with Crippen molar-refractivity contribution in [1.29, 1.82) is 0 Å². The van der Waals surface area contributed by atoms with Gasteiger partial charge in [0.15, 0.2) is 0 Å². The zero-order valence-corrected chi connectivity index (χ0v) is 12.1. The predicted octanol–water partition coefficient (Wildman–Crippen LogP) is 2.48. The molecule has 3 heteroatoms. The van der Waals surface area contributed by atoms with Gasteiger partial charge < -0.3 is 10.6 Å². The molecule has 0 aromatic heterocycles. The molecule has 2 rings (SSSR count). The van der Waals surface area contributed by atoms with Crippen LogP contribution in [0.1, 0.15) is 42.5 Å². The van der Waals surface area contributed by atoms with Gasteiger partial charge in [-0.2, -0.15) is 0 Å². The molecule has 1 aromatic carbocycles. The van der Waals surface area contributed by atoms with Gasteiger partial charge in [0, 0.05) is 5.92 Å². The molecular formula is C16H24N2O. The Morgan fingerprint density at radius 3 is 2.68 bits per heavy atom. The first-order valence-corrected chi connectivity index (χ1v) is 7.17. The van der Waals surface area contributed by atoms with Crippen LogP contribution in [-0.2, 0) is 4.79 Å². The van der Waals surface area contributed by atoms with Crippen LogP contribution < -0.4 is 10.6 Å². The largest absolute Gasteiger partial charge is 0.349 e. The number of carbonyl (C=O) groups excluding carboxylic acids is 1. The second kappa shape index (κ2) is 6.20. The lowest BCUT2D eigenvalue weighted by Gasteiger charge is -2.25. The van der Waals surface area contributed by atoms with Crippen LogP contribution in [0.2, 0.25) is 0 Å². The van der Waals surface area contributed by atoms with E-state index in [1.165, 1.54) is 16.7 Å². The number of rotatable bonds is 3. The molecule has 0 saturated carbocycles. The van der Waals surface area contributed by atoms with Crippen LogP contribution in [0.25, 0.3) is 0 Å². The quantitative estimate of drug-likeness (QED) is 0.876. The third-order valence-corrected chi connectivity index (χ3v) is 4.18. The highest BCUT2D eigenvalue weighted by Gasteiger charge is 2.22. The highest BCUT2D eigenvalue weighted by atomic mass is 16.1. The number of piperidine rings is 1. The molecule has 0 aliphatic carbocycles. The summed E-state index contributed by atoms with van der Waals surface area (Å²) in [5.74, 6) is 0.378. The Morgan fingerprint density at radius 1 is 1.32 bits per heavy atom. The molecule has 1 heterocycles. The monoisotopic (exact) mass is 260 g/mol.